The molecule has 1 saturated heterocycles. The summed E-state index contributed by atoms with van der Waals surface area (Å²) in [5.74, 6) is -2.20. The van der Waals surface area contributed by atoms with Gasteiger partial charge in [-0.3, -0.25) is 9.36 Å². The Labute approximate surface area is 210 Å². The summed E-state index contributed by atoms with van der Waals surface area (Å²) >= 11 is 0. The largest absolute Gasteiger partial charge is 0.378 e. The number of amides is 1. The van der Waals surface area contributed by atoms with E-state index in [1.807, 2.05) is 0 Å². The van der Waals surface area contributed by atoms with Gasteiger partial charge in [-0.05, 0) is 44.2 Å². The number of aromatic nitrogens is 4. The average molecular weight is 515 g/mol. The Morgan fingerprint density at radius 3 is 2.54 bits per heavy atom. The first-order chi connectivity index (χ1) is 17.8. The number of alkyl halides is 1. The lowest BCUT2D eigenvalue weighted by atomic mass is 9.85. The molecule has 3 heterocycles. The molecule has 0 spiro atoms. The smallest absolute Gasteiger partial charge is 0.225 e. The lowest BCUT2D eigenvalue weighted by Crippen LogP contribution is -2.39. The Morgan fingerprint density at radius 1 is 1.16 bits per heavy atom. The van der Waals surface area contributed by atoms with E-state index in [0.717, 1.165) is 12.1 Å². The molecule has 2 atom stereocenters. The molecule has 2 fully saturated rings. The van der Waals surface area contributed by atoms with E-state index >= 15 is 0 Å². The van der Waals surface area contributed by atoms with Gasteiger partial charge in [0, 0.05) is 18.6 Å². The molecule has 13 heteroatoms. The van der Waals surface area contributed by atoms with Crippen molar-refractivity contribution in [2.75, 3.05) is 23.8 Å². The molecule has 37 heavy (non-hydrogen) atoms. The molecule has 194 valence electrons. The maximum Gasteiger partial charge on any atom is 0.225 e. The maximum atomic E-state index is 14.7. The molecule has 0 bridgehead atoms. The minimum atomic E-state index is -1.22. The third kappa shape index (κ3) is 5.01. The zero-order valence-electron chi connectivity index (χ0n) is 19.8. The number of anilines is 3. The molecule has 1 amide bonds. The van der Waals surface area contributed by atoms with Crippen LogP contribution in [-0.4, -0.2) is 50.9 Å². The molecule has 0 radical (unpaired) electrons. The van der Waals surface area contributed by atoms with E-state index in [4.69, 9.17) is 15.7 Å². The fraction of sp³-hybridized carbons (Fsp3) is 0.458. The molecular formula is C24H25F3N8O2. The van der Waals surface area contributed by atoms with Crippen molar-refractivity contribution in [1.29, 1.82) is 5.26 Å². The number of carbonyl (C=O) groups is 1. The van der Waals surface area contributed by atoms with Gasteiger partial charge >= 0.3 is 0 Å². The van der Waals surface area contributed by atoms with Gasteiger partial charge in [-0.1, -0.05) is 0 Å². The number of halogens is 3. The summed E-state index contributed by atoms with van der Waals surface area (Å²) < 4.78 is 50.6. The summed E-state index contributed by atoms with van der Waals surface area (Å²) in [6, 6.07) is 2.85. The number of hydrogen-bond acceptors (Lipinski definition) is 8. The van der Waals surface area contributed by atoms with Crippen LogP contribution in [0.4, 0.5) is 30.8 Å². The Hall–Kier alpha value is -3.92. The monoisotopic (exact) mass is 514 g/mol. The number of benzene rings is 1. The molecule has 2 aliphatic rings. The van der Waals surface area contributed by atoms with Gasteiger partial charge in [-0.15, -0.1) is 0 Å². The van der Waals surface area contributed by atoms with Crippen molar-refractivity contribution in [3.05, 3.63) is 35.5 Å². The van der Waals surface area contributed by atoms with Gasteiger partial charge in [0.1, 0.15) is 17.4 Å². The zero-order chi connectivity index (χ0) is 26.1. The van der Waals surface area contributed by atoms with Crippen molar-refractivity contribution >= 4 is 34.7 Å². The average Bonchev–Trinajstić information content (AvgIpc) is 3.24. The van der Waals surface area contributed by atoms with Gasteiger partial charge in [-0.25, -0.2) is 23.1 Å². The van der Waals surface area contributed by atoms with Crippen molar-refractivity contribution in [2.24, 2.45) is 11.7 Å². The minimum absolute atomic E-state index is 0.0171. The van der Waals surface area contributed by atoms with E-state index in [2.05, 4.69) is 25.6 Å². The number of fused-ring (bicyclic) bond motifs is 1. The third-order valence-electron chi connectivity index (χ3n) is 6.91. The number of primary amides is 1. The molecule has 10 nitrogen and oxygen atoms in total. The first-order valence-electron chi connectivity index (χ1n) is 12.0. The van der Waals surface area contributed by atoms with E-state index in [1.54, 1.807) is 10.6 Å². The second kappa shape index (κ2) is 10.2. The SMILES string of the molecule is N#Cc1cc(F)c(Nc2nc3cnc(N[C@H]4CCOC[C@H]4F)nc3n2C2CCC(C(N)=O)CC2)c(F)c1. The fourth-order valence-corrected chi connectivity index (χ4v) is 4.91. The Bertz CT molecular complexity index is 1340. The number of imidazole rings is 1. The molecule has 3 aromatic rings. The summed E-state index contributed by atoms with van der Waals surface area (Å²) in [6.07, 6.45) is 2.89. The lowest BCUT2D eigenvalue weighted by molar-refractivity contribution is -0.122. The van der Waals surface area contributed by atoms with Crippen LogP contribution in [0.25, 0.3) is 11.2 Å². The number of ether oxygens (including phenoxy) is 1. The van der Waals surface area contributed by atoms with Gasteiger partial charge in [0.25, 0.3) is 0 Å². The van der Waals surface area contributed by atoms with Crippen LogP contribution in [-0.2, 0) is 9.53 Å². The highest BCUT2D eigenvalue weighted by molar-refractivity contribution is 5.78. The van der Waals surface area contributed by atoms with Crippen LogP contribution in [0.1, 0.15) is 43.7 Å². The number of hydrogen-bond donors (Lipinski definition) is 3. The molecular weight excluding hydrogens is 489 g/mol. The summed E-state index contributed by atoms with van der Waals surface area (Å²) in [5.41, 5.74) is 5.62. The van der Waals surface area contributed by atoms with E-state index < -0.39 is 29.5 Å². The predicted octanol–water partition coefficient (Wildman–Crippen LogP) is 3.48. The first-order valence-corrected chi connectivity index (χ1v) is 12.0. The van der Waals surface area contributed by atoms with Gasteiger partial charge in [0.05, 0.1) is 30.5 Å². The minimum Gasteiger partial charge on any atom is -0.378 e. The van der Waals surface area contributed by atoms with Crippen molar-refractivity contribution in [2.45, 2.75) is 50.4 Å². The summed E-state index contributed by atoms with van der Waals surface area (Å²) in [6.45, 7) is 0.397. The zero-order valence-corrected chi connectivity index (χ0v) is 19.8. The van der Waals surface area contributed by atoms with Crippen LogP contribution >= 0.6 is 0 Å². The van der Waals surface area contributed by atoms with Crippen LogP contribution in [0.5, 0.6) is 0 Å². The normalized spacial score (nSPS) is 23.9. The summed E-state index contributed by atoms with van der Waals surface area (Å²) in [5, 5.41) is 14.7. The third-order valence-corrected chi connectivity index (χ3v) is 6.91. The maximum absolute atomic E-state index is 14.7. The molecule has 5 rings (SSSR count). The predicted molar refractivity (Wildman–Crippen MR) is 128 cm³/mol. The molecule has 2 aromatic heterocycles. The highest BCUT2D eigenvalue weighted by atomic mass is 19.1. The van der Waals surface area contributed by atoms with E-state index in [0.29, 0.717) is 49.9 Å². The molecule has 4 N–H and O–H groups in total. The number of nitrogens with two attached hydrogens (primary N) is 1. The van der Waals surface area contributed by atoms with Gasteiger partial charge < -0.3 is 21.1 Å². The van der Waals surface area contributed by atoms with Crippen LogP contribution < -0.4 is 16.4 Å². The Kier molecular flexibility index (Phi) is 6.84. The molecule has 1 aliphatic heterocycles. The van der Waals surface area contributed by atoms with Crippen molar-refractivity contribution in [3.63, 3.8) is 0 Å². The molecule has 1 saturated carbocycles. The number of carbonyl (C=O) groups excluding carboxylic acids is 1. The summed E-state index contributed by atoms with van der Waals surface area (Å²) in [4.78, 5) is 25.0. The van der Waals surface area contributed by atoms with Gasteiger partial charge in [-0.2, -0.15) is 10.2 Å². The van der Waals surface area contributed by atoms with Crippen molar-refractivity contribution in [3.8, 4) is 6.07 Å². The number of rotatable bonds is 6. The number of nitrogens with zero attached hydrogens (tertiary/aromatic N) is 5. The molecule has 0 unspecified atom stereocenters. The Morgan fingerprint density at radius 2 is 1.89 bits per heavy atom. The quantitative estimate of drug-likeness (QED) is 0.454. The lowest BCUT2D eigenvalue weighted by Gasteiger charge is -2.29. The highest BCUT2D eigenvalue weighted by Gasteiger charge is 2.30. The van der Waals surface area contributed by atoms with Gasteiger partial charge in [0.15, 0.2) is 17.3 Å². The van der Waals surface area contributed by atoms with Crippen LogP contribution in [0.15, 0.2) is 18.3 Å². The van der Waals surface area contributed by atoms with E-state index in [9.17, 15) is 18.0 Å². The number of nitrogens with one attached hydrogen (secondary N) is 2. The van der Waals surface area contributed by atoms with E-state index in [-0.39, 0.29) is 41.9 Å². The van der Waals surface area contributed by atoms with Crippen LogP contribution in [0.3, 0.4) is 0 Å². The van der Waals surface area contributed by atoms with Crippen molar-refractivity contribution < 1.29 is 22.7 Å². The second-order valence-electron chi connectivity index (χ2n) is 9.30. The van der Waals surface area contributed by atoms with Crippen LogP contribution in [0.2, 0.25) is 0 Å². The molecule has 1 aliphatic carbocycles. The Balaban J connectivity index is 1.53. The second-order valence-corrected chi connectivity index (χ2v) is 9.30. The topological polar surface area (TPSA) is 144 Å². The standard InChI is InChI=1S/C24H25F3N8O2/c25-15-7-12(9-28)8-16(26)20(15)33-24-32-19-10-30-23(31-18-5-6-37-11-17(18)27)34-22(19)35(24)14-3-1-13(2-4-14)21(29)36/h7-8,10,13-14,17-18H,1-6,11H2,(H2,29,36)(H,32,33)(H,30,31,34)/t13?,14?,17-,18+/m1/s1. The van der Waals surface area contributed by atoms with Gasteiger partial charge in [0.2, 0.25) is 17.8 Å². The first kappa shape index (κ1) is 24.8. The summed E-state index contributed by atoms with van der Waals surface area (Å²) in [7, 11) is 0. The molecule has 1 aromatic carbocycles. The highest BCUT2D eigenvalue weighted by Crippen LogP contribution is 2.37. The number of nitriles is 1. The van der Waals surface area contributed by atoms with E-state index in [1.165, 1.54) is 6.20 Å². The van der Waals surface area contributed by atoms with Crippen LogP contribution in [0, 0.1) is 28.9 Å². The van der Waals surface area contributed by atoms with Crippen molar-refractivity contribution in [1.82, 2.24) is 19.5 Å². The fourth-order valence-electron chi connectivity index (χ4n) is 4.91.